The molecule has 0 spiro atoms. The van der Waals surface area contributed by atoms with E-state index in [2.05, 4.69) is 14.5 Å². The van der Waals surface area contributed by atoms with Crippen molar-refractivity contribution in [3.05, 3.63) is 0 Å². The van der Waals surface area contributed by atoms with Crippen LogP contribution in [0, 0.1) is 0 Å². The first-order chi connectivity index (χ1) is 4.57. The summed E-state index contributed by atoms with van der Waals surface area (Å²) in [4.78, 5) is 1.96. The van der Waals surface area contributed by atoms with E-state index in [1.807, 2.05) is 25.9 Å². The molecule has 10 heavy (non-hydrogen) atoms. The van der Waals surface area contributed by atoms with Crippen LogP contribution in [0.5, 0.6) is 0 Å². The number of aliphatic hydroxyl groups is 1. The number of aliphatic hydroxyl groups excluding tert-OH is 1. The maximum atomic E-state index is 9.37. The molecule has 0 aliphatic heterocycles. The standard InChI is InChI=1S/C6H17N2OP/c1-5(7-10)6(9)4-8(2)3/h5-7,9H,4,10H2,1-3H3. The predicted molar refractivity (Wildman–Crippen MR) is 46.9 cm³/mol. The lowest BCUT2D eigenvalue weighted by Crippen LogP contribution is -2.39. The number of rotatable bonds is 4. The van der Waals surface area contributed by atoms with Gasteiger partial charge in [0.1, 0.15) is 0 Å². The molecule has 0 amide bonds. The maximum Gasteiger partial charge on any atom is 0.0819 e. The Morgan fingerprint density at radius 3 is 2.40 bits per heavy atom. The van der Waals surface area contributed by atoms with E-state index in [4.69, 9.17) is 0 Å². The monoisotopic (exact) mass is 164 g/mol. The van der Waals surface area contributed by atoms with Gasteiger partial charge in [0.05, 0.1) is 6.10 Å². The molecule has 2 N–H and O–H groups in total. The van der Waals surface area contributed by atoms with Crippen LogP contribution in [-0.2, 0) is 0 Å². The van der Waals surface area contributed by atoms with Gasteiger partial charge < -0.3 is 10.0 Å². The van der Waals surface area contributed by atoms with Gasteiger partial charge in [0.25, 0.3) is 0 Å². The second-order valence-corrected chi connectivity index (χ2v) is 3.12. The second-order valence-electron chi connectivity index (χ2n) is 2.78. The van der Waals surface area contributed by atoms with Crippen molar-refractivity contribution < 1.29 is 5.11 Å². The Labute approximate surface area is 65.1 Å². The molecule has 0 aliphatic rings. The van der Waals surface area contributed by atoms with Gasteiger partial charge in [0, 0.05) is 12.6 Å². The molecule has 0 saturated carbocycles. The van der Waals surface area contributed by atoms with E-state index in [-0.39, 0.29) is 12.1 Å². The van der Waals surface area contributed by atoms with Crippen molar-refractivity contribution in [3.63, 3.8) is 0 Å². The lowest BCUT2D eigenvalue weighted by atomic mass is 10.2. The summed E-state index contributed by atoms with van der Waals surface area (Å²) in [5.74, 6) is 0. The summed E-state index contributed by atoms with van der Waals surface area (Å²) in [6.45, 7) is 2.64. The van der Waals surface area contributed by atoms with Crippen molar-refractivity contribution in [1.82, 2.24) is 9.99 Å². The molecule has 3 unspecified atom stereocenters. The molecule has 0 bridgehead atoms. The highest BCUT2D eigenvalue weighted by atomic mass is 31.0. The van der Waals surface area contributed by atoms with Gasteiger partial charge in [-0.2, -0.15) is 0 Å². The van der Waals surface area contributed by atoms with Crippen molar-refractivity contribution >= 4 is 9.39 Å². The van der Waals surface area contributed by atoms with E-state index in [0.717, 1.165) is 0 Å². The van der Waals surface area contributed by atoms with Gasteiger partial charge in [-0.3, -0.25) is 5.09 Å². The number of nitrogens with zero attached hydrogens (tertiary/aromatic N) is 1. The zero-order chi connectivity index (χ0) is 8.15. The summed E-state index contributed by atoms with van der Waals surface area (Å²) in [7, 11) is 6.28. The molecular weight excluding hydrogens is 147 g/mol. The van der Waals surface area contributed by atoms with Crippen LogP contribution in [0.15, 0.2) is 0 Å². The number of hydrogen-bond acceptors (Lipinski definition) is 3. The fraction of sp³-hybridized carbons (Fsp3) is 1.00. The second kappa shape index (κ2) is 5.03. The van der Waals surface area contributed by atoms with E-state index in [9.17, 15) is 5.11 Å². The fourth-order valence-electron chi connectivity index (χ4n) is 0.643. The molecule has 0 aromatic rings. The lowest BCUT2D eigenvalue weighted by molar-refractivity contribution is 0.112. The first-order valence-corrected chi connectivity index (χ1v) is 3.94. The quantitative estimate of drug-likeness (QED) is 0.559. The van der Waals surface area contributed by atoms with Gasteiger partial charge in [-0.15, -0.1) is 0 Å². The van der Waals surface area contributed by atoms with Crippen LogP contribution in [0.3, 0.4) is 0 Å². The molecule has 62 valence electrons. The minimum atomic E-state index is -0.299. The summed E-state index contributed by atoms with van der Waals surface area (Å²) < 4.78 is 0. The predicted octanol–water partition coefficient (Wildman–Crippen LogP) is -0.323. The van der Waals surface area contributed by atoms with Gasteiger partial charge in [-0.1, -0.05) is 9.39 Å². The fourth-order valence-corrected chi connectivity index (χ4v) is 0.865. The third-order valence-corrected chi connectivity index (χ3v) is 1.92. The number of likely N-dealkylation sites (N-methyl/N-ethyl adjacent to an activating group) is 1. The maximum absolute atomic E-state index is 9.37. The van der Waals surface area contributed by atoms with E-state index in [1.54, 1.807) is 0 Å². The first-order valence-electron chi connectivity index (χ1n) is 3.37. The molecule has 0 aromatic carbocycles. The van der Waals surface area contributed by atoms with Gasteiger partial charge in [-0.05, 0) is 21.0 Å². The zero-order valence-corrected chi connectivity index (χ0v) is 7.99. The highest BCUT2D eigenvalue weighted by Crippen LogP contribution is 1.95. The van der Waals surface area contributed by atoms with Gasteiger partial charge >= 0.3 is 0 Å². The minimum absolute atomic E-state index is 0.132. The van der Waals surface area contributed by atoms with Gasteiger partial charge in [-0.25, -0.2) is 0 Å². The zero-order valence-electron chi connectivity index (χ0n) is 6.83. The lowest BCUT2D eigenvalue weighted by Gasteiger charge is -2.21. The first kappa shape index (κ1) is 10.3. The average Bonchev–Trinajstić information content (AvgIpc) is 1.85. The molecule has 0 heterocycles. The molecule has 4 heteroatoms. The summed E-state index contributed by atoms with van der Waals surface area (Å²) in [6.07, 6.45) is -0.299. The van der Waals surface area contributed by atoms with Gasteiger partial charge in [0.15, 0.2) is 0 Å². The Bertz CT molecular complexity index is 89.8. The Morgan fingerprint density at radius 1 is 1.60 bits per heavy atom. The SMILES string of the molecule is CC(NP)C(O)CN(C)C. The molecular formula is C6H17N2OP. The summed E-state index contributed by atoms with van der Waals surface area (Å²) in [5.41, 5.74) is 0. The van der Waals surface area contributed by atoms with Crippen LogP contribution >= 0.6 is 9.39 Å². The van der Waals surface area contributed by atoms with Crippen LogP contribution < -0.4 is 5.09 Å². The van der Waals surface area contributed by atoms with Crippen LogP contribution in [0.1, 0.15) is 6.92 Å². The van der Waals surface area contributed by atoms with Crippen LogP contribution in [0.2, 0.25) is 0 Å². The van der Waals surface area contributed by atoms with Crippen LogP contribution in [0.4, 0.5) is 0 Å². The highest BCUT2D eigenvalue weighted by molar-refractivity contribution is 7.13. The van der Waals surface area contributed by atoms with E-state index in [1.165, 1.54) is 0 Å². The Hall–Kier alpha value is 0.310. The minimum Gasteiger partial charge on any atom is -0.390 e. The van der Waals surface area contributed by atoms with E-state index < -0.39 is 0 Å². The average molecular weight is 164 g/mol. The summed E-state index contributed by atoms with van der Waals surface area (Å²) >= 11 is 0. The van der Waals surface area contributed by atoms with Gasteiger partial charge in [0.2, 0.25) is 0 Å². The third kappa shape index (κ3) is 4.18. The molecule has 0 radical (unpaired) electrons. The smallest absolute Gasteiger partial charge is 0.0819 e. The van der Waals surface area contributed by atoms with E-state index in [0.29, 0.717) is 6.54 Å². The topological polar surface area (TPSA) is 35.5 Å². The molecule has 0 saturated heterocycles. The van der Waals surface area contributed by atoms with Crippen molar-refractivity contribution in [1.29, 1.82) is 0 Å². The molecule has 0 rings (SSSR count). The Morgan fingerprint density at radius 2 is 2.10 bits per heavy atom. The largest absolute Gasteiger partial charge is 0.390 e. The van der Waals surface area contributed by atoms with Crippen LogP contribution in [0.25, 0.3) is 0 Å². The Kier molecular flexibility index (Phi) is 5.18. The molecule has 0 fully saturated rings. The van der Waals surface area contributed by atoms with E-state index >= 15 is 0 Å². The Balaban J connectivity index is 3.50. The molecule has 0 aliphatic carbocycles. The van der Waals surface area contributed by atoms with Crippen LogP contribution in [-0.4, -0.2) is 42.8 Å². The third-order valence-electron chi connectivity index (χ3n) is 1.39. The number of hydrogen-bond donors (Lipinski definition) is 2. The molecule has 3 nitrogen and oxygen atoms in total. The van der Waals surface area contributed by atoms with Crippen molar-refractivity contribution in [2.45, 2.75) is 19.1 Å². The highest BCUT2D eigenvalue weighted by Gasteiger charge is 2.11. The number of nitrogens with one attached hydrogen (secondary N) is 1. The molecule has 0 aromatic heterocycles. The van der Waals surface area contributed by atoms with Crippen molar-refractivity contribution in [2.75, 3.05) is 20.6 Å². The van der Waals surface area contributed by atoms with Crippen molar-refractivity contribution in [2.24, 2.45) is 0 Å². The summed E-state index contributed by atoms with van der Waals surface area (Å²) in [5, 5.41) is 12.3. The van der Waals surface area contributed by atoms with Crippen molar-refractivity contribution in [3.8, 4) is 0 Å². The normalized spacial score (nSPS) is 17.4. The molecule has 3 atom stereocenters. The summed E-state index contributed by atoms with van der Waals surface area (Å²) in [6, 6.07) is 0.132.